The molecular formula is C45H83NO5. The maximum atomic E-state index is 12.7. The summed E-state index contributed by atoms with van der Waals surface area (Å²) in [6, 6.07) is 0. The number of hydrogen-bond donors (Lipinski definition) is 0. The molecule has 0 radical (unpaired) electrons. The van der Waals surface area contributed by atoms with Crippen LogP contribution in [0.5, 0.6) is 0 Å². The molecule has 0 atom stereocenters. The summed E-state index contributed by atoms with van der Waals surface area (Å²) in [5.41, 5.74) is 0.457. The minimum absolute atomic E-state index is 0.0314. The predicted octanol–water partition coefficient (Wildman–Crippen LogP) is 13.0. The number of carbonyl (C=O) groups excluding carboxylic acids is 2. The normalized spacial score (nSPS) is 22.3. The molecule has 6 nitrogen and oxygen atoms in total. The van der Waals surface area contributed by atoms with Crippen LogP contribution in [0.2, 0.25) is 0 Å². The SMILES string of the molecule is CCCCCCCCC(CCCCCCCC)OC(=O)CCCCCCCN(CC)CCCCCOC(=O)OCCC12CC3CC(CC(C3)C1)C2. The van der Waals surface area contributed by atoms with Gasteiger partial charge in [0.2, 0.25) is 0 Å². The third-order valence-electron chi connectivity index (χ3n) is 12.7. The monoisotopic (exact) mass is 718 g/mol. The molecule has 0 amide bonds. The molecule has 0 spiro atoms. The number of rotatable bonds is 33. The molecular weight excluding hydrogens is 634 g/mol. The fourth-order valence-electron chi connectivity index (χ4n) is 10.1. The zero-order chi connectivity index (χ0) is 36.4. The molecule has 0 aliphatic heterocycles. The summed E-state index contributed by atoms with van der Waals surface area (Å²) in [5.74, 6) is 2.86. The molecule has 0 N–H and O–H groups in total. The average Bonchev–Trinajstić information content (AvgIpc) is 3.10. The van der Waals surface area contributed by atoms with Crippen LogP contribution >= 0.6 is 0 Å². The second kappa shape index (κ2) is 27.3. The maximum Gasteiger partial charge on any atom is 0.508 e. The van der Waals surface area contributed by atoms with Gasteiger partial charge in [0.15, 0.2) is 0 Å². The van der Waals surface area contributed by atoms with Gasteiger partial charge in [0, 0.05) is 6.42 Å². The van der Waals surface area contributed by atoms with Gasteiger partial charge in [0.1, 0.15) is 6.10 Å². The van der Waals surface area contributed by atoms with Gasteiger partial charge in [-0.2, -0.15) is 0 Å². The number of hydrogen-bond acceptors (Lipinski definition) is 6. The second-order valence-corrected chi connectivity index (χ2v) is 17.4. The van der Waals surface area contributed by atoms with E-state index in [9.17, 15) is 9.59 Å². The summed E-state index contributed by atoms with van der Waals surface area (Å²) in [6.45, 7) is 11.1. The molecule has 0 aromatic rings. The summed E-state index contributed by atoms with van der Waals surface area (Å²) >= 11 is 0. The van der Waals surface area contributed by atoms with Crippen molar-refractivity contribution in [2.24, 2.45) is 23.2 Å². The molecule has 0 heterocycles. The molecule has 0 aromatic heterocycles. The van der Waals surface area contributed by atoms with E-state index < -0.39 is 6.16 Å². The summed E-state index contributed by atoms with van der Waals surface area (Å²) in [7, 11) is 0. The van der Waals surface area contributed by atoms with Crippen molar-refractivity contribution in [2.75, 3.05) is 32.8 Å². The minimum atomic E-state index is -0.469. The number of ether oxygens (including phenoxy) is 3. The van der Waals surface area contributed by atoms with Gasteiger partial charge in [-0.15, -0.1) is 0 Å². The van der Waals surface area contributed by atoms with Gasteiger partial charge in [-0.3, -0.25) is 4.79 Å². The molecule has 4 rings (SSSR count). The molecule has 298 valence electrons. The lowest BCUT2D eigenvalue weighted by Gasteiger charge is -2.57. The Bertz CT molecular complexity index is 841. The van der Waals surface area contributed by atoms with Crippen LogP contribution in [-0.4, -0.2) is 56.0 Å². The number of esters is 1. The Morgan fingerprint density at radius 1 is 0.588 bits per heavy atom. The maximum absolute atomic E-state index is 12.7. The first-order valence-electron chi connectivity index (χ1n) is 22.7. The highest BCUT2D eigenvalue weighted by Gasteiger charge is 2.50. The standard InChI is InChI=1S/C45H83NO5/c1-4-7-9-11-14-19-25-42(26-20-15-12-10-8-5-2)51-43(47)27-21-16-13-17-22-29-46(6-3)30-23-18-24-31-49-44(48)50-32-28-45-36-39-33-40(37-45)35-41(34-39)38-45/h39-42H,4-38H2,1-3H3. The van der Waals surface area contributed by atoms with Crippen molar-refractivity contribution in [1.29, 1.82) is 0 Å². The molecule has 0 aromatic carbocycles. The average molecular weight is 718 g/mol. The van der Waals surface area contributed by atoms with Gasteiger partial charge < -0.3 is 19.1 Å². The van der Waals surface area contributed by atoms with E-state index in [1.807, 2.05) is 0 Å². The van der Waals surface area contributed by atoms with Crippen molar-refractivity contribution < 1.29 is 23.8 Å². The van der Waals surface area contributed by atoms with Crippen LogP contribution in [-0.2, 0) is 19.0 Å². The summed E-state index contributed by atoms with van der Waals surface area (Å²) in [4.78, 5) is 27.4. The van der Waals surface area contributed by atoms with E-state index in [-0.39, 0.29) is 12.1 Å². The van der Waals surface area contributed by atoms with E-state index in [4.69, 9.17) is 14.2 Å². The van der Waals surface area contributed by atoms with E-state index >= 15 is 0 Å². The van der Waals surface area contributed by atoms with Crippen LogP contribution in [0.1, 0.15) is 213 Å². The van der Waals surface area contributed by atoms with Crippen LogP contribution in [0, 0.1) is 23.2 Å². The first-order valence-corrected chi connectivity index (χ1v) is 22.7. The van der Waals surface area contributed by atoms with Gasteiger partial charge in [-0.1, -0.05) is 104 Å². The van der Waals surface area contributed by atoms with Crippen LogP contribution in [0.15, 0.2) is 0 Å². The lowest BCUT2D eigenvalue weighted by Crippen LogP contribution is -2.46. The zero-order valence-corrected chi connectivity index (χ0v) is 34.0. The van der Waals surface area contributed by atoms with E-state index in [0.717, 1.165) is 88.8 Å². The lowest BCUT2D eigenvalue weighted by atomic mass is 9.49. The third-order valence-corrected chi connectivity index (χ3v) is 12.7. The van der Waals surface area contributed by atoms with Crippen molar-refractivity contribution in [3.05, 3.63) is 0 Å². The summed E-state index contributed by atoms with van der Waals surface area (Å²) in [6.07, 6.45) is 36.1. The molecule has 4 aliphatic rings. The van der Waals surface area contributed by atoms with Crippen molar-refractivity contribution in [2.45, 2.75) is 219 Å². The van der Waals surface area contributed by atoms with E-state index in [2.05, 4.69) is 25.7 Å². The van der Waals surface area contributed by atoms with Crippen LogP contribution < -0.4 is 0 Å². The smallest absolute Gasteiger partial charge is 0.462 e. The van der Waals surface area contributed by atoms with Crippen LogP contribution in [0.25, 0.3) is 0 Å². The number of carbonyl (C=O) groups is 2. The number of unbranched alkanes of at least 4 members (excludes halogenated alkanes) is 16. The van der Waals surface area contributed by atoms with E-state index in [1.54, 1.807) is 0 Å². The fourth-order valence-corrected chi connectivity index (χ4v) is 10.1. The highest BCUT2D eigenvalue weighted by Crippen LogP contribution is 2.61. The van der Waals surface area contributed by atoms with Gasteiger partial charge in [-0.25, -0.2) is 4.79 Å². The first kappa shape index (κ1) is 44.1. The summed E-state index contributed by atoms with van der Waals surface area (Å²) < 4.78 is 16.9. The zero-order valence-electron chi connectivity index (χ0n) is 34.0. The third kappa shape index (κ3) is 19.6. The van der Waals surface area contributed by atoms with Gasteiger partial charge in [0.05, 0.1) is 13.2 Å². The molecule has 4 bridgehead atoms. The Hall–Kier alpha value is -1.30. The van der Waals surface area contributed by atoms with E-state index in [0.29, 0.717) is 25.0 Å². The van der Waals surface area contributed by atoms with Crippen LogP contribution in [0.3, 0.4) is 0 Å². The highest BCUT2D eigenvalue weighted by molar-refractivity contribution is 5.69. The summed E-state index contributed by atoms with van der Waals surface area (Å²) in [5, 5.41) is 0. The van der Waals surface area contributed by atoms with Crippen LogP contribution in [0.4, 0.5) is 4.79 Å². The van der Waals surface area contributed by atoms with E-state index in [1.165, 1.54) is 135 Å². The Morgan fingerprint density at radius 2 is 1.06 bits per heavy atom. The van der Waals surface area contributed by atoms with Crippen molar-refractivity contribution in [1.82, 2.24) is 4.90 Å². The predicted molar refractivity (Wildman–Crippen MR) is 212 cm³/mol. The van der Waals surface area contributed by atoms with Gasteiger partial charge in [0.25, 0.3) is 0 Å². The first-order chi connectivity index (χ1) is 24.9. The molecule has 0 unspecified atom stereocenters. The van der Waals surface area contributed by atoms with Crippen molar-refractivity contribution in [3.8, 4) is 0 Å². The minimum Gasteiger partial charge on any atom is -0.462 e. The quantitative estimate of drug-likeness (QED) is 0.0497. The number of nitrogens with zero attached hydrogens (tertiary/aromatic N) is 1. The highest BCUT2D eigenvalue weighted by atomic mass is 16.7. The molecule has 4 aliphatic carbocycles. The molecule has 4 fully saturated rings. The lowest BCUT2D eigenvalue weighted by molar-refractivity contribution is -0.150. The Kier molecular flexibility index (Phi) is 23.6. The molecule has 4 saturated carbocycles. The van der Waals surface area contributed by atoms with Crippen molar-refractivity contribution >= 4 is 12.1 Å². The van der Waals surface area contributed by atoms with Crippen molar-refractivity contribution in [3.63, 3.8) is 0 Å². The Morgan fingerprint density at radius 3 is 1.61 bits per heavy atom. The topological polar surface area (TPSA) is 65.1 Å². The molecule has 0 saturated heterocycles. The largest absolute Gasteiger partial charge is 0.508 e. The second-order valence-electron chi connectivity index (χ2n) is 17.4. The molecule has 51 heavy (non-hydrogen) atoms. The van der Waals surface area contributed by atoms with Gasteiger partial charge in [-0.05, 0) is 146 Å². The molecule has 6 heteroatoms. The van der Waals surface area contributed by atoms with Gasteiger partial charge >= 0.3 is 12.1 Å². The Balaban J connectivity index is 1.13. The fraction of sp³-hybridized carbons (Fsp3) is 0.956. The Labute approximate surface area is 315 Å².